The Morgan fingerprint density at radius 2 is 2.12 bits per heavy atom. The third-order valence-corrected chi connectivity index (χ3v) is 9.38. The number of rotatable bonds is 11. The first kappa shape index (κ1) is 31.3. The van der Waals surface area contributed by atoms with Crippen molar-refractivity contribution in [2.75, 3.05) is 23.8 Å². The average Bonchev–Trinajstić information content (AvgIpc) is 3.36. The summed E-state index contributed by atoms with van der Waals surface area (Å²) in [6.45, 7) is 3.85. The van der Waals surface area contributed by atoms with E-state index in [2.05, 4.69) is 20.4 Å². The summed E-state index contributed by atoms with van der Waals surface area (Å²) < 4.78 is 0. The number of carbonyl (C=O) groups is 4. The Labute approximate surface area is 252 Å². The highest BCUT2D eigenvalue weighted by molar-refractivity contribution is 8.14. The molecule has 0 radical (unpaired) electrons. The number of hydrogen-bond donors (Lipinski definition) is 6. The number of nitrogens with one attached hydrogen (secondary N) is 2. The molecule has 0 aromatic carbocycles. The molecule has 0 aliphatic carbocycles. The van der Waals surface area contributed by atoms with Crippen molar-refractivity contribution in [1.29, 1.82) is 5.41 Å². The number of nitrogen functional groups attached to an aromatic ring is 1. The average molecular weight is 640 g/mol. The Bertz CT molecular complexity index is 1390. The maximum absolute atomic E-state index is 13.2. The largest absolute Gasteiger partial charge is 0.478 e. The van der Waals surface area contributed by atoms with Crippen molar-refractivity contribution in [2.24, 2.45) is 15.9 Å². The monoisotopic (exact) mass is 639 g/mol. The molecular weight excluding hydrogens is 611 g/mol. The van der Waals surface area contributed by atoms with Crippen molar-refractivity contribution in [1.82, 2.24) is 20.1 Å². The van der Waals surface area contributed by atoms with E-state index in [-0.39, 0.29) is 39.6 Å². The number of fused-ring (bicyclic) bond motifs is 1. The molecule has 1 saturated heterocycles. The fourth-order valence-electron chi connectivity index (χ4n) is 4.23. The van der Waals surface area contributed by atoms with Crippen LogP contribution in [-0.4, -0.2) is 107 Å². The lowest BCUT2D eigenvalue weighted by atomic mass is 10.0. The lowest BCUT2D eigenvalue weighted by molar-refractivity contribution is -0.150. The molecule has 4 heterocycles. The van der Waals surface area contributed by atoms with Gasteiger partial charge in [0.25, 0.3) is 11.8 Å². The van der Waals surface area contributed by atoms with Crippen LogP contribution in [0.15, 0.2) is 26.8 Å². The molecule has 1 fully saturated rings. The summed E-state index contributed by atoms with van der Waals surface area (Å²) in [5, 5.41) is 34.6. The zero-order valence-electron chi connectivity index (χ0n) is 22.5. The summed E-state index contributed by atoms with van der Waals surface area (Å²) in [5.41, 5.74) is 11.8. The van der Waals surface area contributed by atoms with Gasteiger partial charge in [0, 0.05) is 29.9 Å². The molecule has 1 aromatic heterocycles. The van der Waals surface area contributed by atoms with Gasteiger partial charge in [-0.25, -0.2) is 19.6 Å². The number of carboxylic acid groups (broad SMARTS) is 2. The predicted octanol–water partition coefficient (Wildman–Crippen LogP) is 0.125. The molecule has 3 unspecified atom stereocenters. The SMILES string of the molecule is CCCN1C(SCC2=C(C(=O)O)N3C(=O)C(NC(=O)C(=NOC(C)C(=O)O)c4csc(N)n4)[C@@H]3SC2)=NC(=N)CC1N. The number of oxime groups is 1. The Hall–Kier alpha value is -3.68. The standard InChI is InChI=1S/C23H29N9O7S3/c1-3-4-31-13(25)5-12(24)28-23(31)42-7-10-6-40-19-15(18(34)32(19)16(10)21(37)38)29-17(33)14(11-8-41-22(26)27-11)30-39-9(2)20(35)36/h8-9,13,15,19,24H,3-7,25H2,1-2H3,(H2,26,27)(H,29,33)(H,35,36)(H,37,38)/t9?,13?,15?,19-/m0/s1. The van der Waals surface area contributed by atoms with Crippen LogP contribution in [0.4, 0.5) is 5.13 Å². The van der Waals surface area contributed by atoms with E-state index in [4.69, 9.17) is 26.8 Å². The lowest BCUT2D eigenvalue weighted by Crippen LogP contribution is -2.71. The van der Waals surface area contributed by atoms with Crippen molar-refractivity contribution >= 4 is 80.5 Å². The summed E-state index contributed by atoms with van der Waals surface area (Å²) in [4.78, 5) is 66.0. The number of amides is 2. The molecule has 3 aliphatic heterocycles. The number of nitrogens with two attached hydrogens (primary N) is 2. The number of aliphatic imine (C=N–C) groups is 1. The highest BCUT2D eigenvalue weighted by Crippen LogP contribution is 2.41. The van der Waals surface area contributed by atoms with E-state index in [1.54, 1.807) is 0 Å². The van der Waals surface area contributed by atoms with Crippen LogP contribution in [0.2, 0.25) is 0 Å². The summed E-state index contributed by atoms with van der Waals surface area (Å²) >= 11 is 3.56. The smallest absolute Gasteiger partial charge is 0.352 e. The second-order valence-electron chi connectivity index (χ2n) is 9.31. The summed E-state index contributed by atoms with van der Waals surface area (Å²) in [6.07, 6.45) is -0.645. The Morgan fingerprint density at radius 3 is 2.74 bits per heavy atom. The van der Waals surface area contributed by atoms with Crippen molar-refractivity contribution in [3.63, 3.8) is 0 Å². The van der Waals surface area contributed by atoms with Gasteiger partial charge >= 0.3 is 11.9 Å². The Balaban J connectivity index is 1.50. The molecule has 0 saturated carbocycles. The number of thioether (sulfide) groups is 2. The normalized spacial score (nSPS) is 23.2. The van der Waals surface area contributed by atoms with E-state index >= 15 is 0 Å². The van der Waals surface area contributed by atoms with Crippen molar-refractivity contribution < 1.29 is 34.2 Å². The third-order valence-electron chi connectivity index (χ3n) is 6.29. The van der Waals surface area contributed by atoms with Gasteiger partial charge in [0.05, 0.1) is 6.17 Å². The summed E-state index contributed by atoms with van der Waals surface area (Å²) in [6, 6.07) is -1.08. The molecule has 4 atom stereocenters. The highest BCUT2D eigenvalue weighted by atomic mass is 32.2. The first-order chi connectivity index (χ1) is 19.9. The van der Waals surface area contributed by atoms with Gasteiger partial charge in [-0.15, -0.1) is 23.1 Å². The topological polar surface area (TPSA) is 250 Å². The van der Waals surface area contributed by atoms with E-state index in [0.717, 1.165) is 22.7 Å². The van der Waals surface area contributed by atoms with Gasteiger partial charge in [-0.1, -0.05) is 23.8 Å². The Kier molecular flexibility index (Phi) is 9.74. The second kappa shape index (κ2) is 13.1. The van der Waals surface area contributed by atoms with Gasteiger partial charge in [-0.3, -0.25) is 19.9 Å². The number of carbonyl (C=O) groups excluding carboxylic acids is 2. The van der Waals surface area contributed by atoms with Crippen LogP contribution in [0.1, 0.15) is 32.4 Å². The highest BCUT2D eigenvalue weighted by Gasteiger charge is 2.54. The van der Waals surface area contributed by atoms with Gasteiger partial charge in [0.1, 0.15) is 28.6 Å². The fourth-order valence-corrected chi connectivity index (χ4v) is 7.36. The predicted molar refractivity (Wildman–Crippen MR) is 158 cm³/mol. The number of amidine groups is 2. The molecule has 0 spiro atoms. The molecule has 19 heteroatoms. The fraction of sp³-hybridized carbons (Fsp3) is 0.478. The van der Waals surface area contributed by atoms with Crippen LogP contribution >= 0.6 is 34.9 Å². The minimum Gasteiger partial charge on any atom is -0.478 e. The summed E-state index contributed by atoms with van der Waals surface area (Å²) in [5.74, 6) is -3.48. The number of carboxylic acids is 2. The van der Waals surface area contributed by atoms with Crippen molar-refractivity contribution in [2.45, 2.75) is 50.4 Å². The second-order valence-corrected chi connectivity index (χ2v) is 12.2. The van der Waals surface area contributed by atoms with Gasteiger partial charge < -0.3 is 36.7 Å². The van der Waals surface area contributed by atoms with E-state index in [1.807, 2.05) is 11.8 Å². The van der Waals surface area contributed by atoms with Crippen LogP contribution in [0.25, 0.3) is 0 Å². The Morgan fingerprint density at radius 1 is 1.38 bits per heavy atom. The molecular formula is C23H29N9O7S3. The van der Waals surface area contributed by atoms with E-state index in [1.165, 1.54) is 35.8 Å². The molecule has 0 bridgehead atoms. The minimum atomic E-state index is -1.37. The minimum absolute atomic E-state index is 0.0218. The number of thiazole rings is 1. The molecule has 1 aromatic rings. The number of aromatic nitrogens is 1. The first-order valence-corrected chi connectivity index (χ1v) is 15.5. The van der Waals surface area contributed by atoms with Crippen LogP contribution < -0.4 is 16.8 Å². The number of hydrogen-bond acceptors (Lipinski definition) is 14. The summed E-state index contributed by atoms with van der Waals surface area (Å²) in [7, 11) is 0. The number of β-lactam (4-membered cyclic amide) rings is 1. The molecule has 42 heavy (non-hydrogen) atoms. The van der Waals surface area contributed by atoms with Crippen LogP contribution in [-0.2, 0) is 24.0 Å². The maximum atomic E-state index is 13.2. The zero-order chi connectivity index (χ0) is 30.7. The zero-order valence-corrected chi connectivity index (χ0v) is 24.9. The van der Waals surface area contributed by atoms with Crippen molar-refractivity contribution in [3.8, 4) is 0 Å². The molecule has 2 amide bonds. The maximum Gasteiger partial charge on any atom is 0.352 e. The third kappa shape index (κ3) is 6.53. The van der Waals surface area contributed by atoms with E-state index in [0.29, 0.717) is 23.7 Å². The molecule has 16 nitrogen and oxygen atoms in total. The lowest BCUT2D eigenvalue weighted by Gasteiger charge is -2.49. The van der Waals surface area contributed by atoms with E-state index in [9.17, 15) is 24.3 Å². The van der Waals surface area contributed by atoms with Crippen LogP contribution in [0.3, 0.4) is 0 Å². The first-order valence-electron chi connectivity index (χ1n) is 12.6. The molecule has 8 N–H and O–H groups in total. The molecule has 4 rings (SSSR count). The molecule has 226 valence electrons. The van der Waals surface area contributed by atoms with Crippen molar-refractivity contribution in [3.05, 3.63) is 22.3 Å². The van der Waals surface area contributed by atoms with Gasteiger partial charge in [-0.05, 0) is 18.9 Å². The van der Waals surface area contributed by atoms with E-state index < -0.39 is 47.4 Å². The van der Waals surface area contributed by atoms with Gasteiger partial charge in [-0.2, -0.15) is 0 Å². The quantitative estimate of drug-likeness (QED) is 0.107. The van der Waals surface area contributed by atoms with Crippen LogP contribution in [0, 0.1) is 5.41 Å². The number of nitrogens with zero attached hydrogens (tertiary/aromatic N) is 5. The number of aliphatic carboxylic acids is 2. The van der Waals surface area contributed by atoms with Gasteiger partial charge in [0.2, 0.25) is 6.10 Å². The van der Waals surface area contributed by atoms with Gasteiger partial charge in [0.15, 0.2) is 16.0 Å². The molecule has 3 aliphatic rings. The van der Waals surface area contributed by atoms with Crippen LogP contribution in [0.5, 0.6) is 0 Å². The number of anilines is 1.